The third-order valence-corrected chi connectivity index (χ3v) is 3.92. The molecule has 0 fully saturated rings. The van der Waals surface area contributed by atoms with Crippen LogP contribution in [0.25, 0.3) is 11.4 Å². The fourth-order valence-corrected chi connectivity index (χ4v) is 2.46. The highest BCUT2D eigenvalue weighted by molar-refractivity contribution is 5.88. The van der Waals surface area contributed by atoms with Gasteiger partial charge < -0.3 is 9.84 Å². The summed E-state index contributed by atoms with van der Waals surface area (Å²) in [6, 6.07) is 13.2. The minimum atomic E-state index is -1.07. The second kappa shape index (κ2) is 7.62. The molecule has 0 radical (unpaired) electrons. The molecule has 0 spiro atoms. The van der Waals surface area contributed by atoms with E-state index in [1.54, 1.807) is 49.4 Å². The van der Waals surface area contributed by atoms with Crippen molar-refractivity contribution in [3.63, 3.8) is 0 Å². The van der Waals surface area contributed by atoms with E-state index in [0.29, 0.717) is 28.4 Å². The molecular formula is C20H14FN3O3. The summed E-state index contributed by atoms with van der Waals surface area (Å²) in [5.41, 5.74) is 1.39. The van der Waals surface area contributed by atoms with Crippen LogP contribution >= 0.6 is 0 Å². The number of halogens is 1. The van der Waals surface area contributed by atoms with Crippen LogP contribution in [0.5, 0.6) is 5.75 Å². The van der Waals surface area contributed by atoms with Crippen molar-refractivity contribution in [3.05, 3.63) is 76.9 Å². The molecule has 27 heavy (non-hydrogen) atoms. The van der Waals surface area contributed by atoms with Crippen molar-refractivity contribution < 1.29 is 19.0 Å². The number of aromatic nitrogens is 2. The number of carboxylic acid groups (broad SMARTS) is 1. The van der Waals surface area contributed by atoms with Crippen LogP contribution in [-0.2, 0) is 6.61 Å². The number of benzene rings is 2. The first-order valence-electron chi connectivity index (χ1n) is 7.97. The van der Waals surface area contributed by atoms with Crippen LogP contribution in [0.3, 0.4) is 0 Å². The van der Waals surface area contributed by atoms with Gasteiger partial charge in [-0.2, -0.15) is 5.26 Å². The van der Waals surface area contributed by atoms with Crippen molar-refractivity contribution in [1.29, 1.82) is 5.26 Å². The highest BCUT2D eigenvalue weighted by Crippen LogP contribution is 2.22. The molecular weight excluding hydrogens is 349 g/mol. The Bertz CT molecular complexity index is 1040. The van der Waals surface area contributed by atoms with Crippen LogP contribution in [0, 0.1) is 24.1 Å². The zero-order valence-electron chi connectivity index (χ0n) is 14.3. The number of carbonyl (C=O) groups is 1. The Morgan fingerprint density at radius 1 is 1.26 bits per heavy atom. The summed E-state index contributed by atoms with van der Waals surface area (Å²) in [4.78, 5) is 19.3. The van der Waals surface area contributed by atoms with Crippen molar-refractivity contribution in [3.8, 4) is 23.2 Å². The number of aromatic carboxylic acids is 1. The quantitative estimate of drug-likeness (QED) is 0.742. The van der Waals surface area contributed by atoms with Crippen molar-refractivity contribution in [2.75, 3.05) is 0 Å². The summed E-state index contributed by atoms with van der Waals surface area (Å²) in [7, 11) is 0. The lowest BCUT2D eigenvalue weighted by molar-refractivity contribution is 0.0695. The average molecular weight is 363 g/mol. The lowest BCUT2D eigenvalue weighted by Gasteiger charge is -2.09. The minimum absolute atomic E-state index is 0.0103. The Hall–Kier alpha value is -3.79. The first-order valence-corrected chi connectivity index (χ1v) is 7.97. The predicted molar refractivity (Wildman–Crippen MR) is 94.6 cm³/mol. The minimum Gasteiger partial charge on any atom is -0.489 e. The van der Waals surface area contributed by atoms with Gasteiger partial charge in [-0.25, -0.2) is 19.2 Å². The fraction of sp³-hybridized carbons (Fsp3) is 0.100. The average Bonchev–Trinajstić information content (AvgIpc) is 2.67. The molecule has 0 saturated carbocycles. The second-order valence-corrected chi connectivity index (χ2v) is 5.70. The van der Waals surface area contributed by atoms with Crippen molar-refractivity contribution in [1.82, 2.24) is 9.97 Å². The van der Waals surface area contributed by atoms with Gasteiger partial charge in [0.1, 0.15) is 24.2 Å². The molecule has 0 atom stereocenters. The number of rotatable bonds is 5. The number of aryl methyl sites for hydroxylation is 1. The Morgan fingerprint density at radius 2 is 2.00 bits per heavy atom. The number of carboxylic acids is 1. The van der Waals surface area contributed by atoms with E-state index < -0.39 is 11.8 Å². The van der Waals surface area contributed by atoms with E-state index in [4.69, 9.17) is 15.1 Å². The Morgan fingerprint density at radius 3 is 2.63 bits per heavy atom. The maximum absolute atomic E-state index is 14.0. The summed E-state index contributed by atoms with van der Waals surface area (Å²) < 4.78 is 19.6. The number of nitrogens with zero attached hydrogens (tertiary/aromatic N) is 3. The molecule has 1 N–H and O–H groups in total. The van der Waals surface area contributed by atoms with Crippen LogP contribution < -0.4 is 4.74 Å². The van der Waals surface area contributed by atoms with Gasteiger partial charge in [0.2, 0.25) is 0 Å². The molecule has 0 aliphatic rings. The summed E-state index contributed by atoms with van der Waals surface area (Å²) in [6.07, 6.45) is 1.27. The maximum atomic E-state index is 14.0. The Labute approximate surface area is 154 Å². The normalized spacial score (nSPS) is 10.3. The van der Waals surface area contributed by atoms with Gasteiger partial charge in [0.15, 0.2) is 5.82 Å². The fourth-order valence-electron chi connectivity index (χ4n) is 2.46. The number of hydrogen-bond acceptors (Lipinski definition) is 5. The first kappa shape index (κ1) is 18.0. The van der Waals surface area contributed by atoms with E-state index in [1.165, 1.54) is 12.3 Å². The Kier molecular flexibility index (Phi) is 5.08. The van der Waals surface area contributed by atoms with E-state index in [2.05, 4.69) is 9.97 Å². The molecule has 2 aromatic carbocycles. The zero-order chi connectivity index (χ0) is 19.4. The van der Waals surface area contributed by atoms with Gasteiger partial charge in [-0.3, -0.25) is 0 Å². The van der Waals surface area contributed by atoms with Gasteiger partial charge in [0.05, 0.1) is 16.8 Å². The third kappa shape index (κ3) is 3.90. The van der Waals surface area contributed by atoms with E-state index in [9.17, 15) is 9.18 Å². The molecule has 3 aromatic rings. The van der Waals surface area contributed by atoms with Gasteiger partial charge in [-0.1, -0.05) is 12.1 Å². The van der Waals surface area contributed by atoms with Crippen LogP contribution in [0.4, 0.5) is 4.39 Å². The highest BCUT2D eigenvalue weighted by Gasteiger charge is 2.11. The first-order chi connectivity index (χ1) is 13.0. The molecule has 6 nitrogen and oxygen atoms in total. The number of nitriles is 1. The molecule has 0 amide bonds. The van der Waals surface area contributed by atoms with Crippen LogP contribution in [0.1, 0.15) is 27.2 Å². The topological polar surface area (TPSA) is 96.1 Å². The molecule has 0 saturated heterocycles. The summed E-state index contributed by atoms with van der Waals surface area (Å²) in [5, 5.41) is 17.9. The molecule has 0 aliphatic carbocycles. The van der Waals surface area contributed by atoms with Crippen molar-refractivity contribution >= 4 is 5.97 Å². The zero-order valence-corrected chi connectivity index (χ0v) is 14.3. The molecule has 1 heterocycles. The lowest BCUT2D eigenvalue weighted by Crippen LogP contribution is -2.04. The Balaban J connectivity index is 1.74. The lowest BCUT2D eigenvalue weighted by atomic mass is 10.1. The van der Waals surface area contributed by atoms with E-state index in [0.717, 1.165) is 0 Å². The smallest absolute Gasteiger partial charge is 0.339 e. The van der Waals surface area contributed by atoms with Crippen molar-refractivity contribution in [2.24, 2.45) is 0 Å². The molecule has 3 rings (SSSR count). The molecule has 0 bridgehead atoms. The van der Waals surface area contributed by atoms with Gasteiger partial charge in [0.25, 0.3) is 0 Å². The third-order valence-electron chi connectivity index (χ3n) is 3.92. The van der Waals surface area contributed by atoms with Gasteiger partial charge >= 0.3 is 5.97 Å². The molecule has 7 heteroatoms. The van der Waals surface area contributed by atoms with Crippen LogP contribution in [0.2, 0.25) is 0 Å². The van der Waals surface area contributed by atoms with Gasteiger partial charge in [0, 0.05) is 17.3 Å². The molecule has 0 unspecified atom stereocenters. The number of ether oxygens (including phenoxy) is 1. The van der Waals surface area contributed by atoms with E-state index in [1.807, 2.05) is 0 Å². The number of hydrogen-bond donors (Lipinski definition) is 1. The molecule has 1 aromatic heterocycles. The maximum Gasteiger partial charge on any atom is 0.339 e. The SMILES string of the molecule is Cc1nc(-c2ccc(OCc3cccc(C#N)c3F)cc2)ncc1C(=O)O. The standard InChI is InChI=1S/C20H14FN3O3/c1-12-17(20(25)26)10-23-19(24-12)13-5-7-16(8-6-13)27-11-15-4-2-3-14(9-22)18(15)21/h2-8,10H,11H2,1H3,(H,25,26). The summed E-state index contributed by atoms with van der Waals surface area (Å²) in [5.74, 6) is -0.745. The summed E-state index contributed by atoms with van der Waals surface area (Å²) >= 11 is 0. The van der Waals surface area contributed by atoms with Gasteiger partial charge in [-0.15, -0.1) is 0 Å². The summed E-state index contributed by atoms with van der Waals surface area (Å²) in [6.45, 7) is 1.60. The highest BCUT2D eigenvalue weighted by atomic mass is 19.1. The largest absolute Gasteiger partial charge is 0.489 e. The molecule has 0 aliphatic heterocycles. The second-order valence-electron chi connectivity index (χ2n) is 5.70. The van der Waals surface area contributed by atoms with E-state index in [-0.39, 0.29) is 17.7 Å². The van der Waals surface area contributed by atoms with Crippen LogP contribution in [-0.4, -0.2) is 21.0 Å². The molecule has 134 valence electrons. The van der Waals surface area contributed by atoms with Crippen molar-refractivity contribution in [2.45, 2.75) is 13.5 Å². The van der Waals surface area contributed by atoms with E-state index >= 15 is 0 Å². The monoisotopic (exact) mass is 363 g/mol. The van der Waals surface area contributed by atoms with Crippen LogP contribution in [0.15, 0.2) is 48.7 Å². The predicted octanol–water partition coefficient (Wildman–Crippen LogP) is 3.74. The van der Waals surface area contributed by atoms with Gasteiger partial charge in [-0.05, 0) is 37.3 Å².